The van der Waals surface area contributed by atoms with Crippen LogP contribution in [0.3, 0.4) is 0 Å². The Bertz CT molecular complexity index is 1160. The number of aliphatic hydroxyl groups excluding tert-OH is 1. The Morgan fingerprint density at radius 1 is 1.28 bits per heavy atom. The van der Waals surface area contributed by atoms with E-state index >= 15 is 0 Å². The van der Waals surface area contributed by atoms with Crippen molar-refractivity contribution in [2.75, 3.05) is 61.4 Å². The number of amides is 1. The van der Waals surface area contributed by atoms with Crippen LogP contribution in [0.15, 0.2) is 29.4 Å². The summed E-state index contributed by atoms with van der Waals surface area (Å²) in [6.45, 7) is 6.38. The van der Waals surface area contributed by atoms with E-state index in [0.717, 1.165) is 36.6 Å². The fourth-order valence-corrected chi connectivity index (χ4v) is 5.79. The molecule has 1 aliphatic carbocycles. The first kappa shape index (κ1) is 27.9. The number of morpholine rings is 1. The molecule has 2 aliphatic heterocycles. The zero-order valence-corrected chi connectivity index (χ0v) is 23.3. The smallest absolute Gasteiger partial charge is 0.260 e. The van der Waals surface area contributed by atoms with E-state index in [4.69, 9.17) is 9.47 Å². The summed E-state index contributed by atoms with van der Waals surface area (Å²) in [5.41, 5.74) is 1.80. The highest BCUT2D eigenvalue weighted by Gasteiger charge is 2.44. The molecule has 5 rings (SSSR count). The number of halogens is 1. The molecule has 0 bridgehead atoms. The molecule has 3 fully saturated rings. The number of piperidine rings is 1. The number of nitrogens with zero attached hydrogens (tertiary/aromatic N) is 4. The third-order valence-corrected chi connectivity index (χ3v) is 8.65. The summed E-state index contributed by atoms with van der Waals surface area (Å²) < 4.78 is 27.1. The zero-order valence-electron chi connectivity index (χ0n) is 22.5. The van der Waals surface area contributed by atoms with Gasteiger partial charge in [0.2, 0.25) is 6.86 Å². The molecule has 212 valence electrons. The van der Waals surface area contributed by atoms with Gasteiger partial charge in [-0.2, -0.15) is 0 Å². The highest BCUT2D eigenvalue weighted by molar-refractivity contribution is 7.97. The number of pyridine rings is 2. The SMILES string of the molecule is C[C@H](CO)NSc1cc(N2CCC3(CC2)CC3)c(C(=O)Nc2ccc(OCF)c(N3CCO[C@H](C)C3)n2)cn1. The lowest BCUT2D eigenvalue weighted by atomic mass is 9.93. The number of carbonyl (C=O) groups excluding carboxylic acids is 1. The van der Waals surface area contributed by atoms with Gasteiger partial charge in [-0.3, -0.25) is 9.52 Å². The van der Waals surface area contributed by atoms with E-state index < -0.39 is 6.86 Å². The largest absolute Gasteiger partial charge is 0.459 e. The van der Waals surface area contributed by atoms with Crippen molar-refractivity contribution in [3.8, 4) is 5.75 Å². The average Bonchev–Trinajstić information content (AvgIpc) is 3.71. The first-order valence-electron chi connectivity index (χ1n) is 13.6. The lowest BCUT2D eigenvalue weighted by Gasteiger charge is -2.35. The Labute approximate surface area is 232 Å². The third kappa shape index (κ3) is 6.74. The summed E-state index contributed by atoms with van der Waals surface area (Å²) >= 11 is 1.34. The first-order chi connectivity index (χ1) is 18.9. The van der Waals surface area contributed by atoms with Crippen LogP contribution in [0.2, 0.25) is 0 Å². The zero-order chi connectivity index (χ0) is 27.4. The van der Waals surface area contributed by atoms with Gasteiger partial charge in [0.1, 0.15) is 10.8 Å². The molecule has 10 nitrogen and oxygen atoms in total. The van der Waals surface area contributed by atoms with Gasteiger partial charge in [-0.15, -0.1) is 0 Å². The average molecular weight is 561 g/mol. The summed E-state index contributed by atoms with van der Waals surface area (Å²) in [5, 5.41) is 13.0. The van der Waals surface area contributed by atoms with Crippen LogP contribution >= 0.6 is 11.9 Å². The molecule has 0 aromatic carbocycles. The molecule has 4 heterocycles. The number of rotatable bonds is 10. The molecule has 1 saturated carbocycles. The monoisotopic (exact) mass is 560 g/mol. The van der Waals surface area contributed by atoms with Gasteiger partial charge in [0.05, 0.1) is 30.6 Å². The lowest BCUT2D eigenvalue weighted by molar-refractivity contribution is 0.0526. The second-order valence-electron chi connectivity index (χ2n) is 10.7. The second kappa shape index (κ2) is 12.2. The van der Waals surface area contributed by atoms with Crippen LogP contribution in [0.25, 0.3) is 0 Å². The molecule has 3 N–H and O–H groups in total. The predicted octanol–water partition coefficient (Wildman–Crippen LogP) is 3.62. The van der Waals surface area contributed by atoms with E-state index in [1.54, 1.807) is 18.3 Å². The van der Waals surface area contributed by atoms with E-state index in [0.29, 0.717) is 48.1 Å². The van der Waals surface area contributed by atoms with E-state index in [2.05, 4.69) is 24.9 Å². The fraction of sp³-hybridized carbons (Fsp3) is 0.593. The molecule has 2 saturated heterocycles. The molecule has 12 heteroatoms. The second-order valence-corrected chi connectivity index (χ2v) is 11.5. The Balaban J connectivity index is 1.38. The van der Waals surface area contributed by atoms with Crippen molar-refractivity contribution >= 4 is 35.2 Å². The molecule has 2 aromatic rings. The van der Waals surface area contributed by atoms with Crippen LogP contribution in [-0.4, -0.2) is 79.4 Å². The summed E-state index contributed by atoms with van der Waals surface area (Å²) in [6.07, 6.45) is 6.44. The molecule has 0 radical (unpaired) electrons. The van der Waals surface area contributed by atoms with Crippen LogP contribution in [-0.2, 0) is 4.74 Å². The lowest BCUT2D eigenvalue weighted by Crippen LogP contribution is -2.41. The number of aromatic nitrogens is 2. The minimum Gasteiger partial charge on any atom is -0.459 e. The van der Waals surface area contributed by atoms with E-state index in [1.807, 2.05) is 24.8 Å². The number of carbonyl (C=O) groups is 1. The van der Waals surface area contributed by atoms with Crippen LogP contribution < -0.4 is 24.6 Å². The summed E-state index contributed by atoms with van der Waals surface area (Å²) in [6, 6.07) is 5.09. The van der Waals surface area contributed by atoms with Crippen molar-refractivity contribution in [3.05, 3.63) is 30.0 Å². The number of hydrogen-bond donors (Lipinski definition) is 3. The maximum Gasteiger partial charge on any atom is 0.260 e. The normalized spacial score (nSPS) is 21.1. The van der Waals surface area contributed by atoms with Crippen molar-refractivity contribution in [3.63, 3.8) is 0 Å². The van der Waals surface area contributed by atoms with Gasteiger partial charge < -0.3 is 29.7 Å². The summed E-state index contributed by atoms with van der Waals surface area (Å²) in [7, 11) is 0. The maximum atomic E-state index is 13.6. The number of alkyl halides is 1. The highest BCUT2D eigenvalue weighted by atomic mass is 32.2. The molecule has 2 aromatic heterocycles. The minimum atomic E-state index is -0.970. The van der Waals surface area contributed by atoms with Gasteiger partial charge >= 0.3 is 0 Å². The third-order valence-electron chi connectivity index (χ3n) is 7.69. The minimum absolute atomic E-state index is 0.00350. The Morgan fingerprint density at radius 3 is 2.77 bits per heavy atom. The topological polar surface area (TPSA) is 112 Å². The van der Waals surface area contributed by atoms with E-state index in [1.165, 1.54) is 24.8 Å². The van der Waals surface area contributed by atoms with E-state index in [-0.39, 0.29) is 24.7 Å². The standard InChI is InChI=1S/C27H37FN6O4S/c1-18(16-35)32-39-24-13-21(33-9-7-27(5-6-27)8-10-33)20(14-29-24)26(36)31-23-4-3-22(38-17-28)25(30-23)34-11-12-37-19(2)15-34/h3-4,13-14,18-19,32,35H,5-12,15-17H2,1-2H3,(H,30,31,36)/t18-,19-/m1/s1. The molecule has 2 atom stereocenters. The van der Waals surface area contributed by atoms with Gasteiger partial charge in [-0.1, -0.05) is 0 Å². The quantitative estimate of drug-likeness (QED) is 0.373. The molecule has 0 unspecified atom stereocenters. The van der Waals surface area contributed by atoms with Crippen molar-refractivity contribution in [2.45, 2.75) is 56.7 Å². The molecule has 1 spiro atoms. The predicted molar refractivity (Wildman–Crippen MR) is 149 cm³/mol. The Kier molecular flexibility index (Phi) is 8.75. The van der Waals surface area contributed by atoms with Crippen molar-refractivity contribution < 1.29 is 23.8 Å². The molecule has 1 amide bonds. The van der Waals surface area contributed by atoms with Crippen molar-refractivity contribution in [1.82, 2.24) is 14.7 Å². The van der Waals surface area contributed by atoms with Gasteiger partial charge in [0, 0.05) is 38.4 Å². The van der Waals surface area contributed by atoms with Gasteiger partial charge in [-0.05, 0) is 75.1 Å². The van der Waals surface area contributed by atoms with Crippen molar-refractivity contribution in [2.24, 2.45) is 5.41 Å². The van der Waals surface area contributed by atoms with Crippen LogP contribution in [0.5, 0.6) is 5.75 Å². The molecular formula is C27H37FN6O4S. The van der Waals surface area contributed by atoms with Crippen LogP contribution in [0.1, 0.15) is 49.9 Å². The highest BCUT2D eigenvalue weighted by Crippen LogP contribution is 2.54. The van der Waals surface area contributed by atoms with Gasteiger partial charge in [-0.25, -0.2) is 14.4 Å². The number of aliphatic hydroxyl groups is 1. The summed E-state index contributed by atoms with van der Waals surface area (Å²) in [4.78, 5) is 27.0. The molecular weight excluding hydrogens is 523 g/mol. The molecule has 3 aliphatic rings. The van der Waals surface area contributed by atoms with Gasteiger partial charge in [0.15, 0.2) is 11.6 Å². The number of nitrogens with one attached hydrogen (secondary N) is 2. The Hall–Kier alpha value is -2.67. The van der Waals surface area contributed by atoms with E-state index in [9.17, 15) is 14.3 Å². The first-order valence-corrected chi connectivity index (χ1v) is 14.4. The van der Waals surface area contributed by atoms with Crippen molar-refractivity contribution in [1.29, 1.82) is 0 Å². The fourth-order valence-electron chi connectivity index (χ4n) is 5.11. The number of ether oxygens (including phenoxy) is 2. The maximum absolute atomic E-state index is 13.6. The summed E-state index contributed by atoms with van der Waals surface area (Å²) in [5.74, 6) is 0.824. The van der Waals surface area contributed by atoms with Crippen LogP contribution in [0, 0.1) is 5.41 Å². The van der Waals surface area contributed by atoms with Crippen LogP contribution in [0.4, 0.5) is 21.7 Å². The Morgan fingerprint density at radius 2 is 2.08 bits per heavy atom. The van der Waals surface area contributed by atoms with Gasteiger partial charge in [0.25, 0.3) is 5.91 Å². The number of anilines is 3. The molecule has 39 heavy (non-hydrogen) atoms. The number of hydrogen-bond acceptors (Lipinski definition) is 10.